The van der Waals surface area contributed by atoms with Gasteiger partial charge in [-0.1, -0.05) is 11.6 Å². The average molecular weight is 256 g/mol. The number of rotatable bonds is 2. The zero-order chi connectivity index (χ0) is 12.3. The van der Waals surface area contributed by atoms with Gasteiger partial charge >= 0.3 is 5.97 Å². The third-order valence-corrected chi connectivity index (χ3v) is 3.11. The number of hydrogen-bond donors (Lipinski definition) is 0. The highest BCUT2D eigenvalue weighted by Crippen LogP contribution is 2.23. The van der Waals surface area contributed by atoms with Gasteiger partial charge in [-0.25, -0.2) is 9.97 Å². The number of carbonyl (C=O) groups is 1. The van der Waals surface area contributed by atoms with E-state index in [2.05, 4.69) is 9.97 Å². The van der Waals surface area contributed by atoms with Crippen LogP contribution in [0, 0.1) is 5.92 Å². The Morgan fingerprint density at radius 3 is 3.12 bits per heavy atom. The molecular formula is C11H14ClN3O2. The molecule has 0 spiro atoms. The van der Waals surface area contributed by atoms with E-state index in [-0.39, 0.29) is 11.9 Å². The van der Waals surface area contributed by atoms with Crippen LogP contribution >= 0.6 is 11.6 Å². The van der Waals surface area contributed by atoms with Crippen molar-refractivity contribution in [1.29, 1.82) is 0 Å². The van der Waals surface area contributed by atoms with E-state index < -0.39 is 0 Å². The fourth-order valence-electron chi connectivity index (χ4n) is 2.04. The molecule has 1 aliphatic rings. The molecule has 1 aromatic heterocycles. The van der Waals surface area contributed by atoms with Gasteiger partial charge in [0, 0.05) is 19.2 Å². The molecule has 2 heterocycles. The van der Waals surface area contributed by atoms with Crippen LogP contribution in [0.25, 0.3) is 0 Å². The molecule has 0 bridgehead atoms. The van der Waals surface area contributed by atoms with Crippen molar-refractivity contribution in [1.82, 2.24) is 9.97 Å². The topological polar surface area (TPSA) is 55.3 Å². The highest BCUT2D eigenvalue weighted by atomic mass is 35.5. The van der Waals surface area contributed by atoms with E-state index in [1.165, 1.54) is 13.4 Å². The van der Waals surface area contributed by atoms with Crippen molar-refractivity contribution in [2.24, 2.45) is 5.92 Å². The second kappa shape index (κ2) is 5.31. The largest absolute Gasteiger partial charge is 0.469 e. The van der Waals surface area contributed by atoms with Crippen LogP contribution in [0.1, 0.15) is 12.8 Å². The van der Waals surface area contributed by atoms with Crippen molar-refractivity contribution in [2.45, 2.75) is 12.8 Å². The number of methoxy groups -OCH3 is 1. The van der Waals surface area contributed by atoms with Crippen molar-refractivity contribution in [3.63, 3.8) is 0 Å². The zero-order valence-corrected chi connectivity index (χ0v) is 10.4. The van der Waals surface area contributed by atoms with Gasteiger partial charge in [0.2, 0.25) is 0 Å². The highest BCUT2D eigenvalue weighted by molar-refractivity contribution is 6.29. The van der Waals surface area contributed by atoms with Gasteiger partial charge in [-0.05, 0) is 12.8 Å². The first-order valence-electron chi connectivity index (χ1n) is 5.51. The summed E-state index contributed by atoms with van der Waals surface area (Å²) in [4.78, 5) is 21.5. The van der Waals surface area contributed by atoms with Gasteiger partial charge < -0.3 is 9.64 Å². The fraction of sp³-hybridized carbons (Fsp3) is 0.545. The van der Waals surface area contributed by atoms with Crippen LogP contribution in [0.2, 0.25) is 5.15 Å². The predicted octanol–water partition coefficient (Wildman–Crippen LogP) is 1.52. The van der Waals surface area contributed by atoms with Crippen LogP contribution < -0.4 is 4.90 Å². The first-order valence-corrected chi connectivity index (χ1v) is 5.89. The molecule has 1 aromatic rings. The van der Waals surface area contributed by atoms with Crippen molar-refractivity contribution >= 4 is 23.4 Å². The maximum Gasteiger partial charge on any atom is 0.310 e. The average Bonchev–Trinajstić information content (AvgIpc) is 2.38. The summed E-state index contributed by atoms with van der Waals surface area (Å²) in [5.74, 6) is 0.524. The summed E-state index contributed by atoms with van der Waals surface area (Å²) < 4.78 is 4.77. The van der Waals surface area contributed by atoms with E-state index >= 15 is 0 Å². The SMILES string of the molecule is COC(=O)C1CCCN(c2cc(Cl)ncn2)C1. The first-order chi connectivity index (χ1) is 8.20. The molecule has 1 aliphatic heterocycles. The summed E-state index contributed by atoms with van der Waals surface area (Å²) in [6.07, 6.45) is 3.24. The Bertz CT molecular complexity index is 413. The summed E-state index contributed by atoms with van der Waals surface area (Å²) in [6.45, 7) is 1.50. The maximum atomic E-state index is 11.5. The molecule has 0 aromatic carbocycles. The number of nitrogens with zero attached hydrogens (tertiary/aromatic N) is 3. The molecule has 0 radical (unpaired) electrons. The van der Waals surface area contributed by atoms with Crippen LogP contribution in [0.3, 0.4) is 0 Å². The third kappa shape index (κ3) is 2.85. The smallest absolute Gasteiger partial charge is 0.310 e. The first kappa shape index (κ1) is 12.1. The molecule has 0 amide bonds. The Hall–Kier alpha value is -1.36. The molecule has 0 aliphatic carbocycles. The molecule has 1 saturated heterocycles. The van der Waals surface area contributed by atoms with E-state index in [1.54, 1.807) is 6.07 Å². The molecule has 1 unspecified atom stereocenters. The van der Waals surface area contributed by atoms with Crippen LogP contribution in [0.5, 0.6) is 0 Å². The van der Waals surface area contributed by atoms with Crippen molar-refractivity contribution in [3.05, 3.63) is 17.5 Å². The van der Waals surface area contributed by atoms with Gasteiger partial charge in [0.05, 0.1) is 13.0 Å². The van der Waals surface area contributed by atoms with Crippen LogP contribution in [-0.2, 0) is 9.53 Å². The van der Waals surface area contributed by atoms with Crippen LogP contribution in [-0.4, -0.2) is 36.1 Å². The Balaban J connectivity index is 2.09. The summed E-state index contributed by atoms with van der Waals surface area (Å²) >= 11 is 5.82. The Labute approximate surface area is 105 Å². The van der Waals surface area contributed by atoms with E-state index in [0.717, 1.165) is 25.2 Å². The maximum absolute atomic E-state index is 11.5. The fourth-order valence-corrected chi connectivity index (χ4v) is 2.18. The van der Waals surface area contributed by atoms with E-state index in [0.29, 0.717) is 11.7 Å². The molecule has 1 fully saturated rings. The number of ether oxygens (including phenoxy) is 1. The van der Waals surface area contributed by atoms with Gasteiger partial charge in [0.15, 0.2) is 0 Å². The number of anilines is 1. The molecule has 92 valence electrons. The highest BCUT2D eigenvalue weighted by Gasteiger charge is 2.27. The minimum absolute atomic E-state index is 0.0810. The Morgan fingerprint density at radius 2 is 2.41 bits per heavy atom. The van der Waals surface area contributed by atoms with Gasteiger partial charge in [0.25, 0.3) is 0 Å². The molecule has 5 nitrogen and oxygen atoms in total. The Kier molecular flexibility index (Phi) is 3.78. The van der Waals surface area contributed by atoms with Gasteiger partial charge in [-0.3, -0.25) is 4.79 Å². The lowest BCUT2D eigenvalue weighted by Gasteiger charge is -2.32. The lowest BCUT2D eigenvalue weighted by Crippen LogP contribution is -2.39. The quantitative estimate of drug-likeness (QED) is 0.592. The second-order valence-corrected chi connectivity index (χ2v) is 4.39. The Morgan fingerprint density at radius 1 is 1.59 bits per heavy atom. The van der Waals surface area contributed by atoms with Crippen LogP contribution in [0.4, 0.5) is 5.82 Å². The van der Waals surface area contributed by atoms with E-state index in [4.69, 9.17) is 16.3 Å². The number of carbonyl (C=O) groups excluding carboxylic acids is 1. The molecule has 0 saturated carbocycles. The predicted molar refractivity (Wildman–Crippen MR) is 64.0 cm³/mol. The molecule has 2 rings (SSSR count). The van der Waals surface area contributed by atoms with Gasteiger partial charge in [-0.2, -0.15) is 0 Å². The number of piperidine rings is 1. The third-order valence-electron chi connectivity index (χ3n) is 2.90. The lowest BCUT2D eigenvalue weighted by molar-refractivity contribution is -0.145. The monoisotopic (exact) mass is 255 g/mol. The van der Waals surface area contributed by atoms with Crippen molar-refractivity contribution in [2.75, 3.05) is 25.1 Å². The number of aromatic nitrogens is 2. The van der Waals surface area contributed by atoms with Crippen LogP contribution in [0.15, 0.2) is 12.4 Å². The number of halogens is 1. The van der Waals surface area contributed by atoms with E-state index in [9.17, 15) is 4.79 Å². The summed E-state index contributed by atoms with van der Waals surface area (Å²) in [5, 5.41) is 0.412. The molecule has 0 N–H and O–H groups in total. The standard InChI is InChI=1S/C11H14ClN3O2/c1-17-11(16)8-3-2-4-15(6-8)10-5-9(12)13-7-14-10/h5,7-8H,2-4,6H2,1H3. The summed E-state index contributed by atoms with van der Waals surface area (Å²) in [7, 11) is 1.42. The second-order valence-electron chi connectivity index (χ2n) is 4.01. The summed E-state index contributed by atoms with van der Waals surface area (Å²) in [6, 6.07) is 1.71. The minimum atomic E-state index is -0.158. The van der Waals surface area contributed by atoms with Gasteiger partial charge in [-0.15, -0.1) is 0 Å². The molecule has 1 atom stereocenters. The molecular weight excluding hydrogens is 242 g/mol. The van der Waals surface area contributed by atoms with E-state index in [1.807, 2.05) is 4.90 Å². The number of hydrogen-bond acceptors (Lipinski definition) is 5. The number of esters is 1. The summed E-state index contributed by atoms with van der Waals surface area (Å²) in [5.41, 5.74) is 0. The minimum Gasteiger partial charge on any atom is -0.469 e. The van der Waals surface area contributed by atoms with Crippen molar-refractivity contribution < 1.29 is 9.53 Å². The lowest BCUT2D eigenvalue weighted by atomic mass is 9.98. The molecule has 17 heavy (non-hydrogen) atoms. The van der Waals surface area contributed by atoms with Crippen molar-refractivity contribution in [3.8, 4) is 0 Å². The van der Waals surface area contributed by atoms with Gasteiger partial charge in [0.1, 0.15) is 17.3 Å². The normalized spacial score (nSPS) is 20.1. The zero-order valence-electron chi connectivity index (χ0n) is 9.60. The molecule has 6 heteroatoms.